The molecule has 0 spiro atoms. The summed E-state index contributed by atoms with van der Waals surface area (Å²) in [6.45, 7) is 16.4. The van der Waals surface area contributed by atoms with E-state index >= 15 is 0 Å². The van der Waals surface area contributed by atoms with Crippen molar-refractivity contribution in [2.24, 2.45) is 0 Å². The Morgan fingerprint density at radius 3 is 1.50 bits per heavy atom. The molecule has 2 heteroatoms. The molecule has 0 aliphatic carbocycles. The molecule has 2 N–H and O–H groups in total. The number of quaternary nitrogens is 1. The molecule has 0 aromatic carbocycles. The largest absolute Gasteiger partial charge is 0.412 e. The Morgan fingerprint density at radius 1 is 1.00 bits per heavy atom. The Kier molecular flexibility index (Phi) is 8.22. The van der Waals surface area contributed by atoms with Gasteiger partial charge in [-0.05, 0) is 26.0 Å². The predicted molar refractivity (Wildman–Crippen MR) is 55.1 cm³/mol. The average Bonchev–Trinajstić information content (AvgIpc) is 2.04. The minimum atomic E-state index is 0. The summed E-state index contributed by atoms with van der Waals surface area (Å²) in [5.41, 5.74) is 0. The van der Waals surface area contributed by atoms with Gasteiger partial charge in [-0.2, -0.15) is 0 Å². The van der Waals surface area contributed by atoms with E-state index in [1.807, 2.05) is 12.2 Å². The molecular weight excluding hydrogens is 150 g/mol. The fourth-order valence-electron chi connectivity index (χ4n) is 1.36. The van der Waals surface area contributed by atoms with E-state index in [4.69, 9.17) is 0 Å². The second kappa shape index (κ2) is 7.07. The van der Waals surface area contributed by atoms with Crippen LogP contribution >= 0.6 is 0 Å². The van der Waals surface area contributed by atoms with Crippen LogP contribution in [0.2, 0.25) is 0 Å². The molecule has 12 heavy (non-hydrogen) atoms. The van der Waals surface area contributed by atoms with E-state index in [-0.39, 0.29) is 5.48 Å². The van der Waals surface area contributed by atoms with Gasteiger partial charge in [-0.25, -0.2) is 0 Å². The number of likely N-dealkylation sites (N-methyl/N-ethyl adjacent to an activating group) is 1. The summed E-state index contributed by atoms with van der Waals surface area (Å²) in [5, 5.41) is 0. The lowest BCUT2D eigenvalue weighted by Gasteiger charge is -2.34. The van der Waals surface area contributed by atoms with Gasteiger partial charge in [0.25, 0.3) is 0 Å². The zero-order chi connectivity index (χ0) is 8.74. The van der Waals surface area contributed by atoms with Gasteiger partial charge in [0.2, 0.25) is 0 Å². The first-order valence-corrected chi connectivity index (χ1v) is 4.31. The predicted octanol–water partition coefficient (Wildman–Crippen LogP) is 1.39. The molecule has 0 unspecified atom stereocenters. The van der Waals surface area contributed by atoms with Crippen LogP contribution in [-0.2, 0) is 0 Å². The van der Waals surface area contributed by atoms with E-state index < -0.39 is 0 Å². The van der Waals surface area contributed by atoms with Gasteiger partial charge in [0.15, 0.2) is 0 Å². The Hall–Kier alpha value is -0.600. The van der Waals surface area contributed by atoms with Crippen molar-refractivity contribution in [2.75, 3.05) is 26.2 Å². The summed E-state index contributed by atoms with van der Waals surface area (Å²) in [6, 6.07) is 0. The Morgan fingerprint density at radius 2 is 1.33 bits per heavy atom. The Balaban J connectivity index is 0. The molecule has 0 aliphatic rings. The first-order valence-electron chi connectivity index (χ1n) is 4.31. The summed E-state index contributed by atoms with van der Waals surface area (Å²) in [6.07, 6.45) is 3.99. The van der Waals surface area contributed by atoms with Crippen molar-refractivity contribution in [1.29, 1.82) is 0 Å². The van der Waals surface area contributed by atoms with Crippen molar-refractivity contribution >= 4 is 0 Å². The maximum atomic E-state index is 3.77. The highest BCUT2D eigenvalue weighted by Gasteiger charge is 2.18. The van der Waals surface area contributed by atoms with Crippen LogP contribution in [0, 0.1) is 0 Å². The van der Waals surface area contributed by atoms with E-state index in [2.05, 4.69) is 27.0 Å². The maximum Gasteiger partial charge on any atom is 0.0973 e. The van der Waals surface area contributed by atoms with Gasteiger partial charge >= 0.3 is 0 Å². The van der Waals surface area contributed by atoms with Crippen molar-refractivity contribution < 1.29 is 9.96 Å². The zero-order valence-corrected chi connectivity index (χ0v) is 8.34. The number of hydrogen-bond acceptors (Lipinski definition) is 0. The van der Waals surface area contributed by atoms with Crippen LogP contribution in [-0.4, -0.2) is 36.1 Å². The minimum Gasteiger partial charge on any atom is -0.412 e. The molecule has 0 rings (SSSR count). The van der Waals surface area contributed by atoms with Gasteiger partial charge in [0, 0.05) is 0 Å². The van der Waals surface area contributed by atoms with E-state index in [1.54, 1.807) is 0 Å². The molecule has 0 bridgehead atoms. The van der Waals surface area contributed by atoms with Crippen molar-refractivity contribution in [3.05, 3.63) is 25.3 Å². The number of hydrogen-bond donors (Lipinski definition) is 0. The highest BCUT2D eigenvalue weighted by Crippen LogP contribution is 2.05. The summed E-state index contributed by atoms with van der Waals surface area (Å²) in [4.78, 5) is 0. The summed E-state index contributed by atoms with van der Waals surface area (Å²) < 4.78 is 1.09. The first kappa shape index (κ1) is 14.0. The molecule has 0 atom stereocenters. The monoisotopic (exact) mass is 172 g/mol. The lowest BCUT2D eigenvalue weighted by Crippen LogP contribution is -2.47. The molecule has 0 saturated carbocycles. The Bertz CT molecular complexity index is 116. The third-order valence-electron chi connectivity index (χ3n) is 2.37. The average molecular weight is 172 g/mol. The lowest BCUT2D eigenvalue weighted by molar-refractivity contribution is -0.914. The standard InChI is InChI=1S/C10H20N.H2O/c1-5-9-11(7-3,8-4)10-6-2;/h5-6H,1-2,7-10H2,3-4H3;1H2/q+1;. The van der Waals surface area contributed by atoms with Crippen molar-refractivity contribution in [1.82, 2.24) is 0 Å². The smallest absolute Gasteiger partial charge is 0.0973 e. The molecule has 0 saturated heterocycles. The molecule has 0 aromatic rings. The van der Waals surface area contributed by atoms with Gasteiger partial charge in [0.05, 0.1) is 26.2 Å². The highest BCUT2D eigenvalue weighted by molar-refractivity contribution is 4.71. The molecular formula is C10H22NO+. The van der Waals surface area contributed by atoms with Crippen LogP contribution in [0.1, 0.15) is 13.8 Å². The fraction of sp³-hybridized carbons (Fsp3) is 0.600. The molecule has 0 radical (unpaired) electrons. The second-order valence-electron chi connectivity index (χ2n) is 2.92. The topological polar surface area (TPSA) is 31.5 Å². The normalized spacial score (nSPS) is 10.2. The zero-order valence-electron chi connectivity index (χ0n) is 8.34. The maximum absolute atomic E-state index is 3.77. The SMILES string of the molecule is C=CC[N+](CC)(CC)CC=C.O. The second-order valence-corrected chi connectivity index (χ2v) is 2.92. The van der Waals surface area contributed by atoms with Crippen LogP contribution < -0.4 is 0 Å². The molecule has 0 aromatic heterocycles. The van der Waals surface area contributed by atoms with E-state index in [0.29, 0.717) is 0 Å². The van der Waals surface area contributed by atoms with Crippen LogP contribution in [0.15, 0.2) is 25.3 Å². The number of nitrogens with zero attached hydrogens (tertiary/aromatic N) is 1. The lowest BCUT2D eigenvalue weighted by atomic mass is 10.3. The van der Waals surface area contributed by atoms with E-state index in [1.165, 1.54) is 0 Å². The first-order chi connectivity index (χ1) is 5.24. The molecule has 0 fully saturated rings. The van der Waals surface area contributed by atoms with Crippen molar-refractivity contribution in [3.8, 4) is 0 Å². The van der Waals surface area contributed by atoms with Gasteiger partial charge < -0.3 is 9.96 Å². The van der Waals surface area contributed by atoms with Crippen molar-refractivity contribution in [3.63, 3.8) is 0 Å². The minimum absolute atomic E-state index is 0. The van der Waals surface area contributed by atoms with Crippen LogP contribution in [0.25, 0.3) is 0 Å². The quantitative estimate of drug-likeness (QED) is 0.428. The van der Waals surface area contributed by atoms with Gasteiger partial charge in [-0.3, -0.25) is 0 Å². The third kappa shape index (κ3) is 3.69. The van der Waals surface area contributed by atoms with Gasteiger partial charge in [0.1, 0.15) is 0 Å². The number of rotatable bonds is 6. The van der Waals surface area contributed by atoms with Crippen molar-refractivity contribution in [2.45, 2.75) is 13.8 Å². The summed E-state index contributed by atoms with van der Waals surface area (Å²) in [7, 11) is 0. The van der Waals surface area contributed by atoms with Crippen LogP contribution in [0.4, 0.5) is 0 Å². The molecule has 0 amide bonds. The highest BCUT2D eigenvalue weighted by atomic mass is 16.0. The van der Waals surface area contributed by atoms with Gasteiger partial charge in [-0.15, -0.1) is 0 Å². The molecule has 72 valence electrons. The van der Waals surface area contributed by atoms with E-state index in [0.717, 1.165) is 30.7 Å². The Labute approximate surface area is 76.1 Å². The molecule has 0 aliphatic heterocycles. The summed E-state index contributed by atoms with van der Waals surface area (Å²) in [5.74, 6) is 0. The van der Waals surface area contributed by atoms with Gasteiger partial charge in [-0.1, -0.05) is 13.2 Å². The van der Waals surface area contributed by atoms with Crippen LogP contribution in [0.3, 0.4) is 0 Å². The van der Waals surface area contributed by atoms with E-state index in [9.17, 15) is 0 Å². The third-order valence-corrected chi connectivity index (χ3v) is 2.37. The molecule has 2 nitrogen and oxygen atoms in total. The molecule has 0 heterocycles. The summed E-state index contributed by atoms with van der Waals surface area (Å²) >= 11 is 0. The van der Waals surface area contributed by atoms with Crippen LogP contribution in [0.5, 0.6) is 0 Å². The fourth-order valence-corrected chi connectivity index (χ4v) is 1.36.